The molecule has 0 atom stereocenters. The monoisotopic (exact) mass is 314 g/mol. The van der Waals surface area contributed by atoms with Gasteiger partial charge in [0.15, 0.2) is 5.78 Å². The van der Waals surface area contributed by atoms with Crippen molar-refractivity contribution in [3.8, 4) is 0 Å². The zero-order chi connectivity index (χ0) is 16.1. The van der Waals surface area contributed by atoms with Gasteiger partial charge in [-0.2, -0.15) is 0 Å². The summed E-state index contributed by atoms with van der Waals surface area (Å²) < 4.78 is 0. The number of hydrogen-bond donors (Lipinski definition) is 1. The summed E-state index contributed by atoms with van der Waals surface area (Å²) in [5.41, 5.74) is 2.98. The van der Waals surface area contributed by atoms with Gasteiger partial charge in [0, 0.05) is 22.2 Å². The van der Waals surface area contributed by atoms with Gasteiger partial charge in [0.1, 0.15) is 0 Å². The summed E-state index contributed by atoms with van der Waals surface area (Å²) in [6.07, 6.45) is 3.15. The highest BCUT2D eigenvalue weighted by Crippen LogP contribution is 2.20. The van der Waals surface area contributed by atoms with Gasteiger partial charge >= 0.3 is 5.97 Å². The normalized spacial score (nSPS) is 10.8. The molecule has 0 unspecified atom stereocenters. The van der Waals surface area contributed by atoms with Gasteiger partial charge in [-0.25, -0.2) is 4.79 Å². The molecule has 0 spiro atoms. The molecule has 22 heavy (non-hydrogen) atoms. The number of carbonyl (C=O) groups excluding carboxylic acids is 1. The zero-order valence-electron chi connectivity index (χ0n) is 12.0. The number of carboxylic acid groups (broad SMARTS) is 1. The van der Waals surface area contributed by atoms with Crippen LogP contribution in [0.4, 0.5) is 0 Å². The van der Waals surface area contributed by atoms with Crippen LogP contribution in [0.1, 0.15) is 27.0 Å². The fourth-order valence-corrected chi connectivity index (χ4v) is 2.32. The van der Waals surface area contributed by atoms with E-state index in [-0.39, 0.29) is 5.78 Å². The predicted octanol–water partition coefficient (Wildman–Crippen LogP) is 4.06. The Morgan fingerprint density at radius 3 is 2.45 bits per heavy atom. The number of halogens is 1. The quantitative estimate of drug-likeness (QED) is 0.668. The van der Waals surface area contributed by atoms with E-state index in [1.165, 1.54) is 0 Å². The van der Waals surface area contributed by atoms with Gasteiger partial charge in [-0.15, -0.1) is 0 Å². The van der Waals surface area contributed by atoms with E-state index in [9.17, 15) is 9.59 Å². The van der Waals surface area contributed by atoms with Crippen LogP contribution >= 0.6 is 11.6 Å². The fourth-order valence-electron chi connectivity index (χ4n) is 2.19. The molecule has 0 amide bonds. The lowest BCUT2D eigenvalue weighted by Gasteiger charge is -2.09. The Kier molecular flexibility index (Phi) is 5.12. The lowest BCUT2D eigenvalue weighted by Crippen LogP contribution is -2.05. The first-order chi connectivity index (χ1) is 10.5. The van der Waals surface area contributed by atoms with Crippen molar-refractivity contribution in [1.82, 2.24) is 0 Å². The second-order valence-corrected chi connectivity index (χ2v) is 5.31. The third-order valence-electron chi connectivity index (χ3n) is 3.40. The summed E-state index contributed by atoms with van der Waals surface area (Å²) >= 11 is 5.83. The first-order valence-electron chi connectivity index (χ1n) is 6.77. The van der Waals surface area contributed by atoms with Crippen molar-refractivity contribution in [2.45, 2.75) is 13.3 Å². The van der Waals surface area contributed by atoms with Crippen LogP contribution in [0.15, 0.2) is 54.6 Å². The molecule has 0 saturated heterocycles. The largest absolute Gasteiger partial charge is 0.478 e. The minimum absolute atomic E-state index is 0.0711. The Morgan fingerprint density at radius 1 is 1.14 bits per heavy atom. The standard InChI is InChI=1S/C18H15ClO3/c1-12-13(5-3-7-17(20)21)4-2-6-16(12)18(22)14-8-10-15(19)11-9-14/h2-4,6-11H,5H2,1H3,(H,20,21). The van der Waals surface area contributed by atoms with Crippen LogP contribution in [-0.2, 0) is 11.2 Å². The molecule has 0 saturated carbocycles. The van der Waals surface area contributed by atoms with Crippen LogP contribution in [0, 0.1) is 6.92 Å². The smallest absolute Gasteiger partial charge is 0.327 e. The van der Waals surface area contributed by atoms with E-state index in [1.54, 1.807) is 42.5 Å². The number of carboxylic acids is 1. The predicted molar refractivity (Wildman–Crippen MR) is 86.5 cm³/mol. The molecular formula is C18H15ClO3. The van der Waals surface area contributed by atoms with E-state index >= 15 is 0 Å². The molecule has 0 aromatic heterocycles. The van der Waals surface area contributed by atoms with Crippen molar-refractivity contribution >= 4 is 23.4 Å². The highest BCUT2D eigenvalue weighted by atomic mass is 35.5. The van der Waals surface area contributed by atoms with Crippen molar-refractivity contribution in [3.05, 3.63) is 81.9 Å². The Balaban J connectivity index is 2.30. The average Bonchev–Trinajstić information content (AvgIpc) is 2.49. The Labute approximate surface area is 133 Å². The number of ketones is 1. The number of aliphatic carboxylic acids is 1. The highest BCUT2D eigenvalue weighted by molar-refractivity contribution is 6.30. The molecule has 0 radical (unpaired) electrons. The third-order valence-corrected chi connectivity index (χ3v) is 3.65. The lowest BCUT2D eigenvalue weighted by molar-refractivity contribution is -0.131. The molecular weight excluding hydrogens is 300 g/mol. The van der Waals surface area contributed by atoms with E-state index in [0.717, 1.165) is 17.2 Å². The Hall–Kier alpha value is -2.39. The number of rotatable bonds is 5. The van der Waals surface area contributed by atoms with Gasteiger partial charge in [0.05, 0.1) is 0 Å². The van der Waals surface area contributed by atoms with Crippen LogP contribution in [0.3, 0.4) is 0 Å². The zero-order valence-corrected chi connectivity index (χ0v) is 12.8. The van der Waals surface area contributed by atoms with Gasteiger partial charge < -0.3 is 5.11 Å². The second-order valence-electron chi connectivity index (χ2n) is 4.87. The van der Waals surface area contributed by atoms with E-state index in [2.05, 4.69) is 0 Å². The summed E-state index contributed by atoms with van der Waals surface area (Å²) in [5.74, 6) is -1.05. The molecule has 0 aliphatic rings. The summed E-state index contributed by atoms with van der Waals surface area (Å²) in [7, 11) is 0. The van der Waals surface area contributed by atoms with Crippen molar-refractivity contribution in [2.24, 2.45) is 0 Å². The van der Waals surface area contributed by atoms with Crippen LogP contribution < -0.4 is 0 Å². The van der Waals surface area contributed by atoms with Gasteiger partial charge in [-0.05, 0) is 48.7 Å². The maximum Gasteiger partial charge on any atom is 0.327 e. The van der Waals surface area contributed by atoms with E-state index < -0.39 is 5.97 Å². The van der Waals surface area contributed by atoms with Gasteiger partial charge in [-0.1, -0.05) is 35.9 Å². The molecule has 4 heteroatoms. The number of benzene rings is 2. The van der Waals surface area contributed by atoms with Crippen molar-refractivity contribution in [2.75, 3.05) is 0 Å². The molecule has 0 aliphatic heterocycles. The molecule has 0 bridgehead atoms. The van der Waals surface area contributed by atoms with Crippen LogP contribution in [0.25, 0.3) is 0 Å². The third kappa shape index (κ3) is 3.83. The van der Waals surface area contributed by atoms with Crippen molar-refractivity contribution < 1.29 is 14.7 Å². The maximum atomic E-state index is 12.6. The number of allylic oxidation sites excluding steroid dienone is 1. The Bertz CT molecular complexity index is 730. The maximum absolute atomic E-state index is 12.6. The molecule has 3 nitrogen and oxygen atoms in total. The minimum atomic E-state index is -0.981. The molecule has 0 fully saturated rings. The molecule has 2 aromatic rings. The SMILES string of the molecule is Cc1c(CC=CC(=O)O)cccc1C(=O)c1ccc(Cl)cc1. The summed E-state index contributed by atoms with van der Waals surface area (Å²) in [5, 5.41) is 9.21. The minimum Gasteiger partial charge on any atom is -0.478 e. The highest BCUT2D eigenvalue weighted by Gasteiger charge is 2.13. The number of carbonyl (C=O) groups is 2. The molecule has 0 aliphatic carbocycles. The van der Waals surface area contributed by atoms with Gasteiger partial charge in [0.2, 0.25) is 0 Å². The van der Waals surface area contributed by atoms with E-state index in [4.69, 9.17) is 16.7 Å². The van der Waals surface area contributed by atoms with Crippen molar-refractivity contribution in [1.29, 1.82) is 0 Å². The van der Waals surface area contributed by atoms with Crippen LogP contribution in [0.5, 0.6) is 0 Å². The van der Waals surface area contributed by atoms with Gasteiger partial charge in [-0.3, -0.25) is 4.79 Å². The van der Waals surface area contributed by atoms with E-state index in [0.29, 0.717) is 22.6 Å². The summed E-state index contributed by atoms with van der Waals surface area (Å²) in [6, 6.07) is 12.2. The van der Waals surface area contributed by atoms with Gasteiger partial charge in [0.25, 0.3) is 0 Å². The topological polar surface area (TPSA) is 54.4 Å². The molecule has 1 N–H and O–H groups in total. The molecule has 2 aromatic carbocycles. The lowest BCUT2D eigenvalue weighted by atomic mass is 9.94. The molecule has 112 valence electrons. The van der Waals surface area contributed by atoms with Crippen molar-refractivity contribution in [3.63, 3.8) is 0 Å². The molecule has 2 rings (SSSR count). The summed E-state index contributed by atoms with van der Waals surface area (Å²) in [6.45, 7) is 1.87. The van der Waals surface area contributed by atoms with E-state index in [1.807, 2.05) is 13.0 Å². The van der Waals surface area contributed by atoms with Crippen LogP contribution in [0.2, 0.25) is 5.02 Å². The first-order valence-corrected chi connectivity index (χ1v) is 7.15. The van der Waals surface area contributed by atoms with Crippen LogP contribution in [-0.4, -0.2) is 16.9 Å². The molecule has 0 heterocycles. The Morgan fingerprint density at radius 2 is 1.82 bits per heavy atom. The number of hydrogen-bond acceptors (Lipinski definition) is 2. The fraction of sp³-hybridized carbons (Fsp3) is 0.111. The average molecular weight is 315 g/mol. The summed E-state index contributed by atoms with van der Waals surface area (Å²) in [4.78, 5) is 23.1. The second kappa shape index (κ2) is 7.05. The first kappa shape index (κ1) is 16.0.